The van der Waals surface area contributed by atoms with E-state index in [9.17, 15) is 0 Å². The summed E-state index contributed by atoms with van der Waals surface area (Å²) < 4.78 is 3.57. The maximum atomic E-state index is 4.62. The van der Waals surface area contributed by atoms with E-state index in [2.05, 4.69) is 74.8 Å². The van der Waals surface area contributed by atoms with Gasteiger partial charge in [-0.1, -0.05) is 12.8 Å². The van der Waals surface area contributed by atoms with E-state index >= 15 is 0 Å². The van der Waals surface area contributed by atoms with Crippen LogP contribution in [0.25, 0.3) is 0 Å². The largest absolute Gasteiger partial charge is 0.326 e. The van der Waals surface area contributed by atoms with Gasteiger partial charge >= 0.3 is 0 Å². The lowest BCUT2D eigenvalue weighted by molar-refractivity contribution is 0.524. The first kappa shape index (κ1) is 13.0. The fourth-order valence-electron chi connectivity index (χ4n) is 2.73. The molecular weight excluding hydrogens is 349 g/mol. The SMILES string of the molecule is Cc1cn(C2CCCC2)c(Nc2ccc(I)cc2)n1. The highest BCUT2D eigenvalue weighted by Gasteiger charge is 2.20. The van der Waals surface area contributed by atoms with Gasteiger partial charge in [0.2, 0.25) is 5.95 Å². The van der Waals surface area contributed by atoms with Gasteiger partial charge in [-0.2, -0.15) is 0 Å². The van der Waals surface area contributed by atoms with E-state index in [0.717, 1.165) is 17.3 Å². The molecule has 0 spiro atoms. The number of halogens is 1. The van der Waals surface area contributed by atoms with Crippen LogP contribution in [0.4, 0.5) is 11.6 Å². The Morgan fingerprint density at radius 3 is 2.58 bits per heavy atom. The molecule has 4 heteroatoms. The summed E-state index contributed by atoms with van der Waals surface area (Å²) in [5, 5.41) is 3.45. The van der Waals surface area contributed by atoms with Crippen molar-refractivity contribution in [1.29, 1.82) is 0 Å². The maximum Gasteiger partial charge on any atom is 0.207 e. The number of aryl methyl sites for hydroxylation is 1. The van der Waals surface area contributed by atoms with Crippen molar-refractivity contribution in [3.05, 3.63) is 39.7 Å². The molecule has 0 amide bonds. The third-order valence-electron chi connectivity index (χ3n) is 3.67. The molecule has 0 unspecified atom stereocenters. The van der Waals surface area contributed by atoms with Crippen LogP contribution in [-0.2, 0) is 0 Å². The van der Waals surface area contributed by atoms with Crippen LogP contribution in [0.3, 0.4) is 0 Å². The number of nitrogens with zero attached hydrogens (tertiary/aromatic N) is 2. The van der Waals surface area contributed by atoms with Gasteiger partial charge in [-0.25, -0.2) is 4.98 Å². The molecular formula is C15H18IN3. The number of anilines is 2. The zero-order valence-electron chi connectivity index (χ0n) is 11.1. The van der Waals surface area contributed by atoms with Gasteiger partial charge in [0.15, 0.2) is 0 Å². The van der Waals surface area contributed by atoms with Crippen LogP contribution in [0.1, 0.15) is 37.4 Å². The van der Waals surface area contributed by atoms with Crippen molar-refractivity contribution in [2.24, 2.45) is 0 Å². The molecule has 2 aromatic rings. The molecule has 1 fully saturated rings. The molecule has 1 aliphatic rings. The number of hydrogen-bond donors (Lipinski definition) is 1. The van der Waals surface area contributed by atoms with Gasteiger partial charge in [-0.3, -0.25) is 0 Å². The first-order valence-corrected chi connectivity index (χ1v) is 7.88. The molecule has 1 heterocycles. The van der Waals surface area contributed by atoms with Gasteiger partial charge in [0, 0.05) is 21.5 Å². The molecule has 0 saturated heterocycles. The van der Waals surface area contributed by atoms with Crippen molar-refractivity contribution < 1.29 is 0 Å². The van der Waals surface area contributed by atoms with Gasteiger partial charge in [-0.15, -0.1) is 0 Å². The Hall–Kier alpha value is -1.04. The van der Waals surface area contributed by atoms with E-state index in [1.54, 1.807) is 0 Å². The zero-order valence-corrected chi connectivity index (χ0v) is 13.2. The molecule has 3 nitrogen and oxygen atoms in total. The van der Waals surface area contributed by atoms with E-state index in [0.29, 0.717) is 6.04 Å². The fourth-order valence-corrected chi connectivity index (χ4v) is 3.09. The van der Waals surface area contributed by atoms with Crippen molar-refractivity contribution in [3.8, 4) is 0 Å². The maximum absolute atomic E-state index is 4.62. The van der Waals surface area contributed by atoms with E-state index in [1.807, 2.05) is 0 Å². The highest BCUT2D eigenvalue weighted by Crippen LogP contribution is 2.32. The van der Waals surface area contributed by atoms with Crippen LogP contribution in [0.2, 0.25) is 0 Å². The summed E-state index contributed by atoms with van der Waals surface area (Å²) in [5.41, 5.74) is 2.19. The Bertz CT molecular complexity index is 553. The van der Waals surface area contributed by atoms with Gasteiger partial charge in [-0.05, 0) is 66.6 Å². The zero-order chi connectivity index (χ0) is 13.2. The van der Waals surface area contributed by atoms with Crippen LogP contribution in [0.5, 0.6) is 0 Å². The second-order valence-corrected chi connectivity index (χ2v) is 6.43. The van der Waals surface area contributed by atoms with Gasteiger partial charge < -0.3 is 9.88 Å². The average Bonchev–Trinajstić information content (AvgIpc) is 3.01. The molecule has 1 aromatic heterocycles. The average molecular weight is 367 g/mol. The fraction of sp³-hybridized carbons (Fsp3) is 0.400. The number of benzene rings is 1. The van der Waals surface area contributed by atoms with E-state index in [1.165, 1.54) is 29.3 Å². The quantitative estimate of drug-likeness (QED) is 0.800. The summed E-state index contributed by atoms with van der Waals surface area (Å²) in [5.74, 6) is 0.977. The smallest absolute Gasteiger partial charge is 0.207 e. The van der Waals surface area contributed by atoms with Gasteiger partial charge in [0.25, 0.3) is 0 Å². The summed E-state index contributed by atoms with van der Waals surface area (Å²) in [6.07, 6.45) is 7.40. The Labute approximate surface area is 127 Å². The van der Waals surface area contributed by atoms with E-state index in [4.69, 9.17) is 0 Å². The lowest BCUT2D eigenvalue weighted by atomic mass is 10.2. The standard InChI is InChI=1S/C15H18IN3/c1-11-10-19(14-4-2-3-5-14)15(17-11)18-13-8-6-12(16)7-9-13/h6-10,14H,2-5H2,1H3,(H,17,18). The van der Waals surface area contributed by atoms with Crippen molar-refractivity contribution in [1.82, 2.24) is 9.55 Å². The minimum atomic E-state index is 0.618. The van der Waals surface area contributed by atoms with Crippen LogP contribution >= 0.6 is 22.6 Å². The van der Waals surface area contributed by atoms with Crippen LogP contribution in [0.15, 0.2) is 30.5 Å². The van der Waals surface area contributed by atoms with Crippen molar-refractivity contribution >= 4 is 34.2 Å². The van der Waals surface area contributed by atoms with Crippen LogP contribution in [0, 0.1) is 10.5 Å². The van der Waals surface area contributed by atoms with Crippen molar-refractivity contribution in [2.75, 3.05) is 5.32 Å². The third-order valence-corrected chi connectivity index (χ3v) is 4.39. The molecule has 3 rings (SSSR count). The van der Waals surface area contributed by atoms with Crippen molar-refractivity contribution in [3.63, 3.8) is 0 Å². The molecule has 1 saturated carbocycles. The first-order chi connectivity index (χ1) is 9.22. The molecule has 1 aliphatic carbocycles. The summed E-state index contributed by atoms with van der Waals surface area (Å²) in [7, 11) is 0. The molecule has 1 aromatic carbocycles. The Morgan fingerprint density at radius 1 is 1.21 bits per heavy atom. The summed E-state index contributed by atoms with van der Waals surface area (Å²) in [6.45, 7) is 2.06. The number of imidazole rings is 1. The normalized spacial score (nSPS) is 15.9. The Kier molecular flexibility index (Phi) is 3.77. The lowest BCUT2D eigenvalue weighted by Gasteiger charge is -2.15. The Morgan fingerprint density at radius 2 is 1.89 bits per heavy atom. The minimum absolute atomic E-state index is 0.618. The summed E-state index contributed by atoms with van der Waals surface area (Å²) in [4.78, 5) is 4.62. The monoisotopic (exact) mass is 367 g/mol. The number of rotatable bonds is 3. The molecule has 0 aliphatic heterocycles. The predicted octanol–water partition coefficient (Wildman–Crippen LogP) is 4.65. The number of nitrogens with one attached hydrogen (secondary N) is 1. The number of hydrogen-bond acceptors (Lipinski definition) is 2. The molecule has 0 radical (unpaired) electrons. The molecule has 19 heavy (non-hydrogen) atoms. The molecule has 1 N–H and O–H groups in total. The van der Waals surface area contributed by atoms with Gasteiger partial charge in [0.1, 0.15) is 0 Å². The van der Waals surface area contributed by atoms with Gasteiger partial charge in [0.05, 0.1) is 5.69 Å². The topological polar surface area (TPSA) is 29.9 Å². The molecule has 0 atom stereocenters. The van der Waals surface area contributed by atoms with Crippen LogP contribution in [-0.4, -0.2) is 9.55 Å². The minimum Gasteiger partial charge on any atom is -0.326 e. The highest BCUT2D eigenvalue weighted by molar-refractivity contribution is 14.1. The first-order valence-electron chi connectivity index (χ1n) is 6.80. The molecule has 100 valence electrons. The number of aromatic nitrogens is 2. The summed E-state index contributed by atoms with van der Waals surface area (Å²) in [6, 6.07) is 9.04. The second-order valence-electron chi connectivity index (χ2n) is 5.18. The predicted molar refractivity (Wildman–Crippen MR) is 86.9 cm³/mol. The molecule has 0 bridgehead atoms. The van der Waals surface area contributed by atoms with Crippen LogP contribution < -0.4 is 5.32 Å². The summed E-state index contributed by atoms with van der Waals surface area (Å²) >= 11 is 2.32. The third kappa shape index (κ3) is 2.94. The highest BCUT2D eigenvalue weighted by atomic mass is 127. The Balaban J connectivity index is 1.85. The van der Waals surface area contributed by atoms with E-state index < -0.39 is 0 Å². The van der Waals surface area contributed by atoms with Crippen molar-refractivity contribution in [2.45, 2.75) is 38.6 Å². The second kappa shape index (κ2) is 5.53. The lowest BCUT2D eigenvalue weighted by Crippen LogP contribution is -2.07. The van der Waals surface area contributed by atoms with E-state index in [-0.39, 0.29) is 0 Å².